The highest BCUT2D eigenvalue weighted by molar-refractivity contribution is 6.22. The largest absolute Gasteiger partial charge is 0.457 e. The summed E-state index contributed by atoms with van der Waals surface area (Å²) in [7, 11) is 0. The maximum atomic E-state index is 11.6. The van der Waals surface area contributed by atoms with Gasteiger partial charge in [0.15, 0.2) is 0 Å². The smallest absolute Gasteiger partial charge is 0.259 e. The van der Waals surface area contributed by atoms with Gasteiger partial charge < -0.3 is 4.74 Å². The molecule has 2 N–H and O–H groups in total. The van der Waals surface area contributed by atoms with Crippen molar-refractivity contribution in [1.29, 1.82) is 0 Å². The molecule has 4 rings (SSSR count). The summed E-state index contributed by atoms with van der Waals surface area (Å²) < 4.78 is 5.61. The van der Waals surface area contributed by atoms with Crippen LogP contribution in [0.5, 0.6) is 11.5 Å². The zero-order chi connectivity index (χ0) is 20.8. The Morgan fingerprint density at radius 1 is 0.643 bits per heavy atom. The average molecular weight is 382 g/mol. The van der Waals surface area contributed by atoms with Crippen LogP contribution in [0.4, 0.5) is 0 Å². The van der Waals surface area contributed by atoms with Crippen molar-refractivity contribution in [1.82, 2.24) is 10.6 Å². The van der Waals surface area contributed by atoms with Crippen molar-refractivity contribution < 1.29 is 23.9 Å². The van der Waals surface area contributed by atoms with Crippen LogP contribution in [0.15, 0.2) is 36.4 Å². The number of carbonyl (C=O) groups is 4. The predicted molar refractivity (Wildman–Crippen MR) is 104 cm³/mol. The lowest BCUT2D eigenvalue weighted by Gasteiger charge is -2.07. The molecule has 0 radical (unpaired) electrons. The van der Waals surface area contributed by atoms with E-state index in [9.17, 15) is 19.2 Å². The van der Waals surface area contributed by atoms with E-state index in [1.54, 1.807) is 12.1 Å². The fourth-order valence-electron chi connectivity index (χ4n) is 2.56. The van der Waals surface area contributed by atoms with E-state index in [4.69, 9.17) is 4.74 Å². The third kappa shape index (κ3) is 4.09. The first-order chi connectivity index (χ1) is 13.4. The molecule has 2 aromatic rings. The maximum Gasteiger partial charge on any atom is 0.259 e. The normalized spacial score (nSPS) is 13.3. The third-order valence-corrected chi connectivity index (χ3v) is 3.65. The Morgan fingerprint density at radius 2 is 0.964 bits per heavy atom. The molecule has 0 aliphatic carbocycles. The van der Waals surface area contributed by atoms with Crippen LogP contribution in [0.2, 0.25) is 0 Å². The summed E-state index contributed by atoms with van der Waals surface area (Å²) in [6.07, 6.45) is 1.25. The quantitative estimate of drug-likeness (QED) is 0.772. The first kappa shape index (κ1) is 20.8. The van der Waals surface area contributed by atoms with Crippen molar-refractivity contribution in [2.75, 3.05) is 0 Å². The lowest BCUT2D eigenvalue weighted by Crippen LogP contribution is -2.19. The number of hydrogen-bond donors (Lipinski definition) is 2. The number of hydrogen-bond acceptors (Lipinski definition) is 5. The molecule has 7 nitrogen and oxygen atoms in total. The van der Waals surface area contributed by atoms with Crippen LogP contribution in [0.1, 0.15) is 75.5 Å². The topological polar surface area (TPSA) is 102 Å². The van der Waals surface area contributed by atoms with E-state index in [1.165, 1.54) is 30.7 Å². The summed E-state index contributed by atoms with van der Waals surface area (Å²) in [6, 6.07) is 9.00. The van der Waals surface area contributed by atoms with E-state index < -0.39 is 23.6 Å². The second-order valence-electron chi connectivity index (χ2n) is 5.79. The molecule has 2 heterocycles. The van der Waals surface area contributed by atoms with Gasteiger partial charge in [0.1, 0.15) is 11.5 Å². The molecule has 2 aliphatic heterocycles. The summed E-state index contributed by atoms with van der Waals surface area (Å²) in [5, 5.41) is 4.39. The molecule has 0 fully saturated rings. The molecule has 4 amide bonds. The molecular weight excluding hydrogens is 360 g/mol. The highest BCUT2D eigenvalue weighted by atomic mass is 16.5. The van der Waals surface area contributed by atoms with Crippen molar-refractivity contribution in [2.24, 2.45) is 0 Å². The van der Waals surface area contributed by atoms with E-state index >= 15 is 0 Å². The number of rotatable bonds is 2. The van der Waals surface area contributed by atoms with Gasteiger partial charge in [-0.15, -0.1) is 0 Å². The minimum atomic E-state index is -0.477. The van der Waals surface area contributed by atoms with Gasteiger partial charge in [-0.2, -0.15) is 0 Å². The van der Waals surface area contributed by atoms with E-state index in [1.807, 2.05) is 13.8 Å². The zero-order valence-electron chi connectivity index (χ0n) is 16.2. The lowest BCUT2D eigenvalue weighted by atomic mass is 10.1. The Labute approximate surface area is 163 Å². The molecule has 0 spiro atoms. The minimum Gasteiger partial charge on any atom is -0.457 e. The van der Waals surface area contributed by atoms with Crippen molar-refractivity contribution >= 4 is 23.6 Å². The summed E-state index contributed by atoms with van der Waals surface area (Å²) in [5.41, 5.74) is 1.06. The Morgan fingerprint density at radius 3 is 1.32 bits per heavy atom. The molecular formula is C21H22N2O5. The molecule has 0 saturated carbocycles. The molecule has 0 bridgehead atoms. The summed E-state index contributed by atoms with van der Waals surface area (Å²) in [5.74, 6) is -1.14. The van der Waals surface area contributed by atoms with Gasteiger partial charge in [0, 0.05) is 0 Å². The Kier molecular flexibility index (Phi) is 6.65. The highest BCUT2D eigenvalue weighted by Gasteiger charge is 2.28. The Bertz CT molecular complexity index is 874. The number of benzene rings is 2. The minimum absolute atomic E-state index is 0.238. The Balaban J connectivity index is 0.000000514. The van der Waals surface area contributed by atoms with Crippen molar-refractivity contribution in [3.8, 4) is 11.5 Å². The SMILES string of the molecule is CC.CCC.O=C1NC(=O)c2cc(Oc3ccc4c(c3)C(=O)NC4=O)ccc21. The van der Waals surface area contributed by atoms with Gasteiger partial charge in [-0.25, -0.2) is 0 Å². The van der Waals surface area contributed by atoms with Gasteiger partial charge >= 0.3 is 0 Å². The van der Waals surface area contributed by atoms with Crippen LogP contribution in [0.25, 0.3) is 0 Å². The molecule has 146 valence electrons. The standard InChI is InChI=1S/C16H8N2O5.C3H8.C2H6/c19-13-9-3-1-7(5-11(9)15(21)17-13)23-8-2-4-10-12(6-8)16(22)18-14(10)20;1-3-2;1-2/h1-6H,(H,17,19,21)(H,18,20,22);3H2,1-2H3;1-2H3. The summed E-state index contributed by atoms with van der Waals surface area (Å²) in [4.78, 5) is 46.3. The number of carbonyl (C=O) groups excluding carboxylic acids is 4. The molecule has 0 aromatic heterocycles. The molecule has 7 heteroatoms. The lowest BCUT2D eigenvalue weighted by molar-refractivity contribution is 0.0863. The fourth-order valence-corrected chi connectivity index (χ4v) is 2.56. The van der Waals surface area contributed by atoms with Crippen LogP contribution in [0.3, 0.4) is 0 Å². The monoisotopic (exact) mass is 382 g/mol. The Hall–Kier alpha value is -3.48. The average Bonchev–Trinajstić information content (AvgIpc) is 3.13. The van der Waals surface area contributed by atoms with E-state index in [-0.39, 0.29) is 11.1 Å². The van der Waals surface area contributed by atoms with Crippen LogP contribution in [-0.4, -0.2) is 23.6 Å². The van der Waals surface area contributed by atoms with Crippen LogP contribution in [0, 0.1) is 0 Å². The van der Waals surface area contributed by atoms with Crippen LogP contribution >= 0.6 is 0 Å². The summed E-state index contributed by atoms with van der Waals surface area (Å²) >= 11 is 0. The first-order valence-electron chi connectivity index (χ1n) is 9.12. The summed E-state index contributed by atoms with van der Waals surface area (Å²) in [6.45, 7) is 8.25. The van der Waals surface area contributed by atoms with Crippen molar-refractivity contribution in [2.45, 2.75) is 34.1 Å². The highest BCUT2D eigenvalue weighted by Crippen LogP contribution is 2.28. The molecule has 28 heavy (non-hydrogen) atoms. The molecule has 2 aromatic carbocycles. The van der Waals surface area contributed by atoms with Crippen LogP contribution < -0.4 is 15.4 Å². The second-order valence-corrected chi connectivity index (χ2v) is 5.79. The molecule has 0 atom stereocenters. The predicted octanol–water partition coefficient (Wildman–Crippen LogP) is 3.69. The number of nitrogens with one attached hydrogen (secondary N) is 2. The number of imide groups is 2. The number of amides is 4. The van der Waals surface area contributed by atoms with E-state index in [0.717, 1.165) is 0 Å². The van der Waals surface area contributed by atoms with Gasteiger partial charge in [0.05, 0.1) is 22.3 Å². The van der Waals surface area contributed by atoms with Gasteiger partial charge in [0.2, 0.25) is 0 Å². The molecule has 0 saturated heterocycles. The molecule has 2 aliphatic rings. The molecule has 0 unspecified atom stereocenters. The maximum absolute atomic E-state index is 11.6. The van der Waals surface area contributed by atoms with Crippen molar-refractivity contribution in [3.63, 3.8) is 0 Å². The first-order valence-corrected chi connectivity index (χ1v) is 9.12. The zero-order valence-corrected chi connectivity index (χ0v) is 16.2. The van der Waals surface area contributed by atoms with Gasteiger partial charge in [0.25, 0.3) is 23.6 Å². The van der Waals surface area contributed by atoms with Gasteiger partial charge in [-0.1, -0.05) is 34.1 Å². The van der Waals surface area contributed by atoms with Crippen molar-refractivity contribution in [3.05, 3.63) is 58.7 Å². The van der Waals surface area contributed by atoms with E-state index in [2.05, 4.69) is 24.5 Å². The van der Waals surface area contributed by atoms with Crippen LogP contribution in [-0.2, 0) is 0 Å². The number of fused-ring (bicyclic) bond motifs is 2. The van der Waals surface area contributed by atoms with Gasteiger partial charge in [-0.3, -0.25) is 29.8 Å². The second kappa shape index (κ2) is 8.94. The fraction of sp³-hybridized carbons (Fsp3) is 0.238. The van der Waals surface area contributed by atoms with Gasteiger partial charge in [-0.05, 0) is 36.4 Å². The number of ether oxygens (including phenoxy) is 1. The third-order valence-electron chi connectivity index (χ3n) is 3.65. The van der Waals surface area contributed by atoms with E-state index in [0.29, 0.717) is 22.6 Å².